The van der Waals surface area contributed by atoms with E-state index < -0.39 is 11.6 Å². The van der Waals surface area contributed by atoms with Crippen LogP contribution < -0.4 is 5.32 Å². The van der Waals surface area contributed by atoms with Gasteiger partial charge in [0.2, 0.25) is 11.8 Å². The normalized spacial score (nSPS) is 17.3. The van der Waals surface area contributed by atoms with Crippen LogP contribution in [0.4, 0.5) is 8.78 Å². The van der Waals surface area contributed by atoms with Gasteiger partial charge in [-0.2, -0.15) is 0 Å². The Morgan fingerprint density at radius 2 is 2.15 bits per heavy atom. The summed E-state index contributed by atoms with van der Waals surface area (Å²) < 4.78 is 33.1. The smallest absolute Gasteiger partial charge is 0.229 e. The standard InChI is InChI=1S/C19H23F2N3O2/c1-11(2)24(9-13-7-8-17(25)22-13)10-16-12(3)26-19(23-16)14-5-4-6-15(20)18(14)21/h4-6,11,13H,7-10H2,1-3H3,(H,22,25). The molecular formula is C19H23F2N3O2. The van der Waals surface area contributed by atoms with Crippen molar-refractivity contribution in [2.45, 2.75) is 52.2 Å². The monoisotopic (exact) mass is 363 g/mol. The summed E-state index contributed by atoms with van der Waals surface area (Å²) in [5.41, 5.74) is 0.695. The van der Waals surface area contributed by atoms with Gasteiger partial charge in [-0.15, -0.1) is 0 Å². The van der Waals surface area contributed by atoms with E-state index in [-0.39, 0.29) is 29.4 Å². The minimum atomic E-state index is -0.963. The Morgan fingerprint density at radius 3 is 2.81 bits per heavy atom. The molecule has 1 amide bonds. The fourth-order valence-electron chi connectivity index (χ4n) is 3.11. The molecule has 1 aromatic heterocycles. The van der Waals surface area contributed by atoms with Crippen LogP contribution >= 0.6 is 0 Å². The van der Waals surface area contributed by atoms with Gasteiger partial charge in [0.05, 0.1) is 11.3 Å². The Balaban J connectivity index is 1.79. The molecule has 1 aromatic carbocycles. The number of halogens is 2. The summed E-state index contributed by atoms with van der Waals surface area (Å²) in [4.78, 5) is 18.0. The molecule has 1 unspecified atom stereocenters. The maximum absolute atomic E-state index is 14.0. The molecular weight excluding hydrogens is 340 g/mol. The quantitative estimate of drug-likeness (QED) is 0.854. The lowest BCUT2D eigenvalue weighted by Crippen LogP contribution is -2.41. The fraction of sp³-hybridized carbons (Fsp3) is 0.474. The molecule has 1 fully saturated rings. The van der Waals surface area contributed by atoms with Crippen LogP contribution in [0, 0.1) is 18.6 Å². The van der Waals surface area contributed by atoms with Crippen LogP contribution in [0.5, 0.6) is 0 Å². The average molecular weight is 363 g/mol. The second kappa shape index (κ2) is 7.53. The van der Waals surface area contributed by atoms with Gasteiger partial charge in [-0.25, -0.2) is 13.8 Å². The van der Waals surface area contributed by atoms with Gasteiger partial charge in [0.1, 0.15) is 5.76 Å². The molecule has 2 heterocycles. The van der Waals surface area contributed by atoms with Crippen LogP contribution in [0.1, 0.15) is 38.1 Å². The van der Waals surface area contributed by atoms with Gasteiger partial charge in [-0.3, -0.25) is 9.69 Å². The van der Waals surface area contributed by atoms with Crippen molar-refractivity contribution in [3.8, 4) is 11.5 Å². The van der Waals surface area contributed by atoms with Crippen LogP contribution in [0.3, 0.4) is 0 Å². The fourth-order valence-corrected chi connectivity index (χ4v) is 3.11. The van der Waals surface area contributed by atoms with E-state index in [4.69, 9.17) is 4.42 Å². The highest BCUT2D eigenvalue weighted by molar-refractivity contribution is 5.78. The Hall–Kier alpha value is -2.28. The molecule has 3 rings (SSSR count). The summed E-state index contributed by atoms with van der Waals surface area (Å²) in [5.74, 6) is -1.16. The third kappa shape index (κ3) is 3.93. The van der Waals surface area contributed by atoms with E-state index in [1.807, 2.05) is 0 Å². The zero-order chi connectivity index (χ0) is 18.8. The van der Waals surface area contributed by atoms with E-state index >= 15 is 0 Å². The lowest BCUT2D eigenvalue weighted by atomic mass is 10.1. The van der Waals surface area contributed by atoms with Gasteiger partial charge in [0, 0.05) is 31.6 Å². The van der Waals surface area contributed by atoms with Crippen molar-refractivity contribution in [1.82, 2.24) is 15.2 Å². The van der Waals surface area contributed by atoms with Crippen molar-refractivity contribution in [1.29, 1.82) is 0 Å². The summed E-state index contributed by atoms with van der Waals surface area (Å²) in [5, 5.41) is 2.97. The molecule has 1 N–H and O–H groups in total. The highest BCUT2D eigenvalue weighted by atomic mass is 19.2. The number of oxazole rings is 1. The van der Waals surface area contributed by atoms with Crippen LogP contribution in [0.2, 0.25) is 0 Å². The van der Waals surface area contributed by atoms with Gasteiger partial charge in [-0.1, -0.05) is 6.07 Å². The minimum Gasteiger partial charge on any atom is -0.441 e. The number of aryl methyl sites for hydroxylation is 1. The van der Waals surface area contributed by atoms with Gasteiger partial charge in [0.25, 0.3) is 0 Å². The van der Waals surface area contributed by atoms with Crippen molar-refractivity contribution in [2.24, 2.45) is 0 Å². The van der Waals surface area contributed by atoms with Crippen molar-refractivity contribution >= 4 is 5.91 Å². The first kappa shape index (κ1) is 18.5. The molecule has 2 aromatic rings. The number of nitrogens with one attached hydrogen (secondary N) is 1. The highest BCUT2D eigenvalue weighted by Gasteiger charge is 2.26. The Bertz CT molecular complexity index is 804. The van der Waals surface area contributed by atoms with E-state index in [1.165, 1.54) is 12.1 Å². The Morgan fingerprint density at radius 1 is 1.38 bits per heavy atom. The summed E-state index contributed by atoms with van der Waals surface area (Å²) in [6, 6.07) is 4.29. The number of benzene rings is 1. The predicted molar refractivity (Wildman–Crippen MR) is 93.3 cm³/mol. The van der Waals surface area contributed by atoms with E-state index in [2.05, 4.69) is 29.0 Å². The first-order valence-corrected chi connectivity index (χ1v) is 8.79. The van der Waals surface area contributed by atoms with E-state index in [0.717, 1.165) is 12.5 Å². The summed E-state index contributed by atoms with van der Waals surface area (Å²) >= 11 is 0. The van der Waals surface area contributed by atoms with E-state index in [0.29, 0.717) is 31.0 Å². The summed E-state index contributed by atoms with van der Waals surface area (Å²) in [7, 11) is 0. The summed E-state index contributed by atoms with van der Waals surface area (Å²) in [6.45, 7) is 7.12. The lowest BCUT2D eigenvalue weighted by molar-refractivity contribution is -0.119. The molecule has 0 spiro atoms. The van der Waals surface area contributed by atoms with Crippen LogP contribution in [-0.2, 0) is 11.3 Å². The van der Waals surface area contributed by atoms with Gasteiger partial charge in [-0.05, 0) is 39.3 Å². The second-order valence-corrected chi connectivity index (χ2v) is 6.95. The average Bonchev–Trinajstić information content (AvgIpc) is 3.15. The van der Waals surface area contributed by atoms with Gasteiger partial charge >= 0.3 is 0 Å². The third-order valence-electron chi connectivity index (χ3n) is 4.70. The van der Waals surface area contributed by atoms with Gasteiger partial charge < -0.3 is 9.73 Å². The molecule has 0 radical (unpaired) electrons. The molecule has 1 saturated heterocycles. The molecule has 7 heteroatoms. The zero-order valence-electron chi connectivity index (χ0n) is 15.2. The molecule has 0 saturated carbocycles. The summed E-state index contributed by atoms with van der Waals surface area (Å²) in [6.07, 6.45) is 1.38. The molecule has 1 atom stereocenters. The SMILES string of the molecule is Cc1oc(-c2cccc(F)c2F)nc1CN(CC1CCC(=O)N1)C(C)C. The molecule has 1 aliphatic heterocycles. The molecule has 26 heavy (non-hydrogen) atoms. The number of hydrogen-bond acceptors (Lipinski definition) is 4. The molecule has 0 aliphatic carbocycles. The number of rotatable bonds is 6. The maximum Gasteiger partial charge on any atom is 0.229 e. The first-order valence-electron chi connectivity index (χ1n) is 8.79. The zero-order valence-corrected chi connectivity index (χ0v) is 15.2. The highest BCUT2D eigenvalue weighted by Crippen LogP contribution is 2.26. The number of amides is 1. The van der Waals surface area contributed by atoms with Crippen LogP contribution in [-0.4, -0.2) is 34.4 Å². The Kier molecular flexibility index (Phi) is 5.36. The van der Waals surface area contributed by atoms with Crippen molar-refractivity contribution in [2.75, 3.05) is 6.54 Å². The minimum absolute atomic E-state index is 0.0125. The number of carbonyl (C=O) groups excluding carboxylic acids is 1. The predicted octanol–water partition coefficient (Wildman–Crippen LogP) is 3.42. The molecule has 5 nitrogen and oxygen atoms in total. The first-order chi connectivity index (χ1) is 12.3. The lowest BCUT2D eigenvalue weighted by Gasteiger charge is -2.28. The number of carbonyl (C=O) groups is 1. The van der Waals surface area contributed by atoms with E-state index in [9.17, 15) is 13.6 Å². The topological polar surface area (TPSA) is 58.4 Å². The molecule has 140 valence electrons. The van der Waals surface area contributed by atoms with E-state index in [1.54, 1.807) is 6.92 Å². The second-order valence-electron chi connectivity index (χ2n) is 6.95. The van der Waals surface area contributed by atoms with Crippen molar-refractivity contribution < 1.29 is 18.0 Å². The molecule has 0 bridgehead atoms. The van der Waals surface area contributed by atoms with Gasteiger partial charge in [0.15, 0.2) is 11.6 Å². The third-order valence-corrected chi connectivity index (χ3v) is 4.70. The van der Waals surface area contributed by atoms with Crippen molar-refractivity contribution in [3.63, 3.8) is 0 Å². The maximum atomic E-state index is 14.0. The Labute approximate surface area is 151 Å². The molecule has 1 aliphatic rings. The number of aromatic nitrogens is 1. The van der Waals surface area contributed by atoms with Crippen LogP contribution in [0.15, 0.2) is 22.6 Å². The van der Waals surface area contributed by atoms with Crippen LogP contribution in [0.25, 0.3) is 11.5 Å². The number of hydrogen-bond donors (Lipinski definition) is 1. The van der Waals surface area contributed by atoms with Crippen molar-refractivity contribution in [3.05, 3.63) is 41.3 Å². The number of nitrogens with zero attached hydrogens (tertiary/aromatic N) is 2. The largest absolute Gasteiger partial charge is 0.441 e.